The molecule has 0 spiro atoms. The number of ether oxygens (including phenoxy) is 2. The van der Waals surface area contributed by atoms with Gasteiger partial charge in [0.25, 0.3) is 5.91 Å². The van der Waals surface area contributed by atoms with E-state index in [2.05, 4.69) is 5.32 Å². The van der Waals surface area contributed by atoms with Crippen molar-refractivity contribution in [2.75, 3.05) is 13.2 Å². The molecule has 0 radical (unpaired) electrons. The van der Waals surface area contributed by atoms with Crippen LogP contribution in [0.25, 0.3) is 0 Å². The molecular formula is C24H24N2O6S. The lowest BCUT2D eigenvalue weighted by atomic mass is 10.0. The van der Waals surface area contributed by atoms with Crippen molar-refractivity contribution in [3.63, 3.8) is 0 Å². The Kier molecular flexibility index (Phi) is 8.17. The van der Waals surface area contributed by atoms with E-state index in [1.807, 2.05) is 36.4 Å². The molecule has 33 heavy (non-hydrogen) atoms. The second-order valence-electron chi connectivity index (χ2n) is 7.09. The van der Waals surface area contributed by atoms with Gasteiger partial charge in [0.15, 0.2) is 0 Å². The Morgan fingerprint density at radius 3 is 2.06 bits per heavy atom. The number of nitrogens with two attached hydrogens (primary N) is 1. The van der Waals surface area contributed by atoms with E-state index in [0.717, 1.165) is 5.56 Å². The predicted molar refractivity (Wildman–Crippen MR) is 122 cm³/mol. The van der Waals surface area contributed by atoms with Gasteiger partial charge >= 0.3 is 5.97 Å². The predicted octanol–water partition coefficient (Wildman–Crippen LogP) is 2.82. The van der Waals surface area contributed by atoms with Crippen LogP contribution in [0.4, 0.5) is 0 Å². The van der Waals surface area contributed by atoms with Gasteiger partial charge in [-0.05, 0) is 42.0 Å². The first-order valence-corrected chi connectivity index (χ1v) is 11.7. The Morgan fingerprint density at radius 2 is 1.45 bits per heavy atom. The highest BCUT2D eigenvalue weighted by atomic mass is 32.2. The summed E-state index contributed by atoms with van der Waals surface area (Å²) in [6, 6.07) is 23.0. The number of carbonyl (C=O) groups excluding carboxylic acids is 2. The Balaban J connectivity index is 1.52. The van der Waals surface area contributed by atoms with Crippen molar-refractivity contribution < 1.29 is 27.5 Å². The molecule has 1 atom stereocenters. The van der Waals surface area contributed by atoms with Crippen LogP contribution < -0.4 is 15.2 Å². The maximum Gasteiger partial charge on any atom is 0.308 e. The molecule has 3 aromatic rings. The van der Waals surface area contributed by atoms with Gasteiger partial charge in [-0.2, -0.15) is 0 Å². The minimum atomic E-state index is -3.77. The van der Waals surface area contributed by atoms with Crippen LogP contribution in [0.15, 0.2) is 89.8 Å². The third-order valence-electron chi connectivity index (χ3n) is 4.68. The van der Waals surface area contributed by atoms with Gasteiger partial charge in [0.1, 0.15) is 19.0 Å². The highest BCUT2D eigenvalue weighted by Gasteiger charge is 2.20. The molecule has 3 N–H and O–H groups in total. The summed E-state index contributed by atoms with van der Waals surface area (Å²) < 4.78 is 33.2. The standard InChI is InChI=1S/C24H24N2O6S/c25-33(29,30)21-13-11-20(12-14-21)31-15-16-32-23(27)17-22(18-7-3-1-4-8-18)26-24(28)19-9-5-2-6-10-19/h1-14,22H,15-17H2,(H,26,28)(H2,25,29,30). The number of rotatable bonds is 10. The minimum Gasteiger partial charge on any atom is -0.490 e. The maximum atomic E-state index is 12.6. The minimum absolute atomic E-state index is 0.0100. The fourth-order valence-corrected chi connectivity index (χ4v) is 3.55. The average Bonchev–Trinajstić information content (AvgIpc) is 2.82. The first-order valence-electron chi connectivity index (χ1n) is 10.1. The molecule has 172 valence electrons. The van der Waals surface area contributed by atoms with E-state index >= 15 is 0 Å². The number of carbonyl (C=O) groups is 2. The molecule has 0 fully saturated rings. The van der Waals surface area contributed by atoms with E-state index in [4.69, 9.17) is 14.6 Å². The zero-order valence-corrected chi connectivity index (χ0v) is 18.5. The largest absolute Gasteiger partial charge is 0.490 e. The van der Waals surface area contributed by atoms with E-state index in [-0.39, 0.29) is 30.4 Å². The molecule has 0 saturated carbocycles. The SMILES string of the molecule is NS(=O)(=O)c1ccc(OCCOC(=O)CC(NC(=O)c2ccccc2)c2ccccc2)cc1. The van der Waals surface area contributed by atoms with Crippen molar-refractivity contribution in [2.24, 2.45) is 5.14 Å². The van der Waals surface area contributed by atoms with Gasteiger partial charge in [0.05, 0.1) is 17.4 Å². The first-order chi connectivity index (χ1) is 15.8. The molecule has 0 aliphatic heterocycles. The number of primary sulfonamides is 1. The zero-order chi connectivity index (χ0) is 23.7. The number of amides is 1. The second-order valence-corrected chi connectivity index (χ2v) is 8.65. The van der Waals surface area contributed by atoms with Crippen molar-refractivity contribution >= 4 is 21.9 Å². The van der Waals surface area contributed by atoms with Crippen molar-refractivity contribution in [1.82, 2.24) is 5.32 Å². The molecule has 9 heteroatoms. The summed E-state index contributed by atoms with van der Waals surface area (Å²) in [6.45, 7) is 0.0662. The van der Waals surface area contributed by atoms with Gasteiger partial charge in [-0.3, -0.25) is 9.59 Å². The lowest BCUT2D eigenvalue weighted by molar-refractivity contribution is -0.144. The molecule has 0 heterocycles. The summed E-state index contributed by atoms with van der Waals surface area (Å²) in [5.74, 6) is -0.371. The molecule has 0 bridgehead atoms. The highest BCUT2D eigenvalue weighted by Crippen LogP contribution is 2.19. The normalized spacial score (nSPS) is 11.9. The van der Waals surface area contributed by atoms with Gasteiger partial charge in [-0.25, -0.2) is 13.6 Å². The van der Waals surface area contributed by atoms with Gasteiger partial charge in [0.2, 0.25) is 10.0 Å². The molecule has 0 aliphatic rings. The molecule has 3 rings (SSSR count). The number of esters is 1. The van der Waals surface area contributed by atoms with Crippen molar-refractivity contribution in [3.8, 4) is 5.75 Å². The topological polar surface area (TPSA) is 125 Å². The molecule has 1 unspecified atom stereocenters. The highest BCUT2D eigenvalue weighted by molar-refractivity contribution is 7.89. The molecule has 0 saturated heterocycles. The summed E-state index contributed by atoms with van der Waals surface area (Å²) in [7, 11) is -3.77. The quantitative estimate of drug-likeness (QED) is 0.348. The van der Waals surface area contributed by atoms with Crippen LogP contribution in [0.3, 0.4) is 0 Å². The third kappa shape index (κ3) is 7.44. The number of benzene rings is 3. The van der Waals surface area contributed by atoms with E-state index in [0.29, 0.717) is 11.3 Å². The van der Waals surface area contributed by atoms with Crippen LogP contribution in [-0.2, 0) is 19.6 Å². The summed E-state index contributed by atoms with van der Waals surface area (Å²) in [4.78, 5) is 25.0. The number of hydrogen-bond acceptors (Lipinski definition) is 6. The second kappa shape index (κ2) is 11.3. The van der Waals surface area contributed by atoms with Gasteiger partial charge in [0, 0.05) is 5.56 Å². The van der Waals surface area contributed by atoms with Crippen molar-refractivity contribution in [2.45, 2.75) is 17.4 Å². The number of hydrogen-bond donors (Lipinski definition) is 2. The molecular weight excluding hydrogens is 444 g/mol. The summed E-state index contributed by atoms with van der Waals surface area (Å²) in [5, 5.41) is 7.94. The molecule has 0 aliphatic carbocycles. The fraction of sp³-hybridized carbons (Fsp3) is 0.167. The van der Waals surface area contributed by atoms with E-state index in [1.54, 1.807) is 24.3 Å². The van der Waals surface area contributed by atoms with Gasteiger partial charge in [-0.1, -0.05) is 48.5 Å². The lowest BCUT2D eigenvalue weighted by Gasteiger charge is -2.19. The molecule has 3 aromatic carbocycles. The van der Waals surface area contributed by atoms with E-state index < -0.39 is 22.0 Å². The maximum absolute atomic E-state index is 12.6. The Bertz CT molecular complexity index is 1170. The fourth-order valence-electron chi connectivity index (χ4n) is 3.03. The van der Waals surface area contributed by atoms with Crippen LogP contribution in [0.2, 0.25) is 0 Å². The third-order valence-corrected chi connectivity index (χ3v) is 5.61. The monoisotopic (exact) mass is 468 g/mol. The summed E-state index contributed by atoms with van der Waals surface area (Å²) in [6.07, 6.45) is -0.0500. The van der Waals surface area contributed by atoms with Gasteiger partial charge < -0.3 is 14.8 Å². The lowest BCUT2D eigenvalue weighted by Crippen LogP contribution is -2.30. The van der Waals surface area contributed by atoms with Crippen LogP contribution in [0.1, 0.15) is 28.4 Å². The van der Waals surface area contributed by atoms with E-state index in [9.17, 15) is 18.0 Å². The zero-order valence-electron chi connectivity index (χ0n) is 17.7. The first kappa shape index (κ1) is 24.0. The van der Waals surface area contributed by atoms with Crippen LogP contribution in [0.5, 0.6) is 5.75 Å². The molecule has 0 aromatic heterocycles. The Labute approximate surface area is 192 Å². The Hall–Kier alpha value is -3.69. The average molecular weight is 469 g/mol. The van der Waals surface area contributed by atoms with Crippen LogP contribution in [0, 0.1) is 0 Å². The van der Waals surface area contributed by atoms with E-state index in [1.165, 1.54) is 24.3 Å². The van der Waals surface area contributed by atoms with Crippen LogP contribution in [-0.4, -0.2) is 33.5 Å². The number of nitrogens with one attached hydrogen (secondary N) is 1. The van der Waals surface area contributed by atoms with Crippen LogP contribution >= 0.6 is 0 Å². The van der Waals surface area contributed by atoms with Crippen molar-refractivity contribution in [1.29, 1.82) is 0 Å². The van der Waals surface area contributed by atoms with Gasteiger partial charge in [-0.15, -0.1) is 0 Å². The Morgan fingerprint density at radius 1 is 0.848 bits per heavy atom. The summed E-state index contributed by atoms with van der Waals surface area (Å²) in [5.41, 5.74) is 1.28. The molecule has 1 amide bonds. The smallest absolute Gasteiger partial charge is 0.308 e. The number of sulfonamides is 1. The molecule has 8 nitrogen and oxygen atoms in total. The summed E-state index contributed by atoms with van der Waals surface area (Å²) >= 11 is 0. The van der Waals surface area contributed by atoms with Crippen molar-refractivity contribution in [3.05, 3.63) is 96.1 Å².